The molecule has 0 saturated carbocycles. The van der Waals surface area contributed by atoms with Crippen molar-refractivity contribution in [2.45, 2.75) is 44.7 Å². The molecule has 7 nitrogen and oxygen atoms in total. The van der Waals surface area contributed by atoms with E-state index in [0.29, 0.717) is 28.7 Å². The van der Waals surface area contributed by atoms with Crippen LogP contribution in [0.15, 0.2) is 59.3 Å². The topological polar surface area (TPSA) is 96.3 Å². The zero-order chi connectivity index (χ0) is 24.1. The third kappa shape index (κ3) is 5.17. The van der Waals surface area contributed by atoms with Gasteiger partial charge in [0, 0.05) is 5.56 Å². The molecule has 1 fully saturated rings. The third-order valence-corrected chi connectivity index (χ3v) is 6.03. The summed E-state index contributed by atoms with van der Waals surface area (Å²) >= 11 is 0. The van der Waals surface area contributed by atoms with Crippen LogP contribution in [0.2, 0.25) is 0 Å². The number of oxazole rings is 1. The average molecular weight is 465 g/mol. The zero-order valence-electron chi connectivity index (χ0n) is 19.3. The predicted octanol–water partition coefficient (Wildman–Crippen LogP) is 4.19. The van der Waals surface area contributed by atoms with Crippen molar-refractivity contribution < 1.29 is 18.4 Å². The van der Waals surface area contributed by atoms with Crippen LogP contribution in [0.25, 0.3) is 11.1 Å². The number of carbonyl (C=O) groups is 2. The summed E-state index contributed by atoms with van der Waals surface area (Å²) in [5.41, 5.74) is 1.93. The predicted molar refractivity (Wildman–Crippen MR) is 128 cm³/mol. The summed E-state index contributed by atoms with van der Waals surface area (Å²) in [5, 5.41) is 8.87. The van der Waals surface area contributed by atoms with E-state index in [1.807, 2.05) is 32.0 Å². The summed E-state index contributed by atoms with van der Waals surface area (Å²) in [6.45, 7) is 4.44. The van der Waals surface area contributed by atoms with Gasteiger partial charge in [-0.2, -0.15) is 0 Å². The van der Waals surface area contributed by atoms with Gasteiger partial charge in [-0.1, -0.05) is 56.3 Å². The number of anilines is 1. The fourth-order valence-electron chi connectivity index (χ4n) is 4.25. The van der Waals surface area contributed by atoms with Crippen LogP contribution in [0.5, 0.6) is 0 Å². The first kappa shape index (κ1) is 23.6. The number of benzene rings is 2. The Bertz CT molecular complexity index is 1130. The van der Waals surface area contributed by atoms with Crippen molar-refractivity contribution in [3.05, 3.63) is 71.9 Å². The molecule has 0 aliphatic carbocycles. The first-order valence-electron chi connectivity index (χ1n) is 11.5. The monoisotopic (exact) mass is 464 g/mol. The van der Waals surface area contributed by atoms with Crippen molar-refractivity contribution in [2.24, 2.45) is 0 Å². The minimum Gasteiger partial charge on any atom is -0.432 e. The van der Waals surface area contributed by atoms with Gasteiger partial charge >= 0.3 is 0 Å². The van der Waals surface area contributed by atoms with E-state index in [1.54, 1.807) is 24.3 Å². The van der Waals surface area contributed by atoms with Crippen LogP contribution in [0.1, 0.15) is 49.8 Å². The van der Waals surface area contributed by atoms with Gasteiger partial charge in [-0.05, 0) is 42.0 Å². The molecular formula is C26H29FN4O3. The fourth-order valence-corrected chi connectivity index (χ4v) is 4.25. The maximum absolute atomic E-state index is 15.9. The first-order valence-corrected chi connectivity index (χ1v) is 11.5. The summed E-state index contributed by atoms with van der Waals surface area (Å²) in [6, 6.07) is 11.3. The molecule has 8 heteroatoms. The summed E-state index contributed by atoms with van der Waals surface area (Å²) < 4.78 is 21.0. The lowest BCUT2D eigenvalue weighted by atomic mass is 9.88. The van der Waals surface area contributed by atoms with Gasteiger partial charge in [0.15, 0.2) is 5.78 Å². The van der Waals surface area contributed by atoms with Crippen molar-refractivity contribution in [1.29, 1.82) is 0 Å². The highest BCUT2D eigenvalue weighted by molar-refractivity contribution is 5.95. The van der Waals surface area contributed by atoms with Gasteiger partial charge < -0.3 is 20.4 Å². The Morgan fingerprint density at radius 2 is 1.94 bits per heavy atom. The fraction of sp³-hybridized carbons (Fsp3) is 0.346. The number of ketones is 1. The van der Waals surface area contributed by atoms with Gasteiger partial charge in [0.05, 0.1) is 18.8 Å². The molecule has 34 heavy (non-hydrogen) atoms. The highest BCUT2D eigenvalue weighted by Gasteiger charge is 2.31. The number of Topliss-reactive ketones (excluding diaryl/α,β-unsaturated/α-hetero) is 1. The van der Waals surface area contributed by atoms with Gasteiger partial charge in [0.1, 0.15) is 18.1 Å². The minimum atomic E-state index is -1.05. The Balaban J connectivity index is 1.75. The maximum Gasteiger partial charge on any atom is 0.294 e. The minimum absolute atomic E-state index is 0.0466. The lowest BCUT2D eigenvalue weighted by Gasteiger charge is -2.24. The van der Waals surface area contributed by atoms with Crippen LogP contribution in [0, 0.1) is 5.82 Å². The molecule has 3 aromatic rings. The number of amides is 1. The molecule has 1 aromatic heterocycles. The molecule has 1 aliphatic heterocycles. The van der Waals surface area contributed by atoms with E-state index in [-0.39, 0.29) is 42.0 Å². The molecule has 3 N–H and O–H groups in total. The van der Waals surface area contributed by atoms with Crippen LogP contribution in [-0.2, 0) is 9.59 Å². The van der Waals surface area contributed by atoms with Crippen molar-refractivity contribution in [2.75, 3.05) is 18.4 Å². The smallest absolute Gasteiger partial charge is 0.294 e. The van der Waals surface area contributed by atoms with E-state index in [2.05, 4.69) is 20.9 Å². The molecule has 1 aliphatic rings. The quantitative estimate of drug-likeness (QED) is 0.439. The van der Waals surface area contributed by atoms with Gasteiger partial charge in [-0.3, -0.25) is 9.59 Å². The lowest BCUT2D eigenvalue weighted by molar-refractivity contribution is -0.128. The number of nitrogens with one attached hydrogen (secondary N) is 3. The third-order valence-electron chi connectivity index (χ3n) is 6.03. The van der Waals surface area contributed by atoms with E-state index in [9.17, 15) is 9.59 Å². The van der Waals surface area contributed by atoms with Crippen LogP contribution >= 0.6 is 0 Å². The van der Waals surface area contributed by atoms with E-state index in [0.717, 1.165) is 13.0 Å². The van der Waals surface area contributed by atoms with Crippen molar-refractivity contribution in [3.8, 4) is 11.1 Å². The first-order chi connectivity index (χ1) is 16.5. The van der Waals surface area contributed by atoms with E-state index < -0.39 is 6.04 Å². The molecule has 1 saturated heterocycles. The number of carbonyl (C=O) groups excluding carboxylic acids is 2. The van der Waals surface area contributed by atoms with Crippen LogP contribution in [0.4, 0.5) is 10.4 Å². The Labute approximate surface area is 198 Å². The summed E-state index contributed by atoms with van der Waals surface area (Å²) in [5.74, 6) is -1.04. The number of hydrogen-bond donors (Lipinski definition) is 3. The Hall–Kier alpha value is -3.52. The molecule has 2 unspecified atom stereocenters. The summed E-state index contributed by atoms with van der Waals surface area (Å²) in [6.07, 6.45) is 4.43. The van der Waals surface area contributed by atoms with Crippen molar-refractivity contribution in [1.82, 2.24) is 15.6 Å². The van der Waals surface area contributed by atoms with Crippen LogP contribution in [-0.4, -0.2) is 35.8 Å². The molecule has 2 atom stereocenters. The second kappa shape index (κ2) is 10.6. The molecule has 178 valence electrons. The highest BCUT2D eigenvalue weighted by atomic mass is 19.1. The van der Waals surface area contributed by atoms with E-state index in [4.69, 9.17) is 4.42 Å². The second-order valence-corrected chi connectivity index (χ2v) is 8.70. The Morgan fingerprint density at radius 3 is 2.59 bits per heavy atom. The summed E-state index contributed by atoms with van der Waals surface area (Å²) in [7, 11) is 0. The molecule has 0 spiro atoms. The maximum atomic E-state index is 15.9. The Kier molecular flexibility index (Phi) is 7.37. The van der Waals surface area contributed by atoms with Crippen molar-refractivity contribution in [3.63, 3.8) is 0 Å². The number of nitrogens with zero attached hydrogens (tertiary/aromatic N) is 1. The SMILES string of the molecule is CC(C)c1ccc(C(NC(=O)C2CCCN2)C(=O)CNc2ncco2)c(-c2ccccc2)c1F. The molecular weight excluding hydrogens is 435 g/mol. The van der Waals surface area contributed by atoms with Gasteiger partial charge in [-0.15, -0.1) is 0 Å². The normalized spacial score (nSPS) is 16.4. The van der Waals surface area contributed by atoms with Gasteiger partial charge in [0.25, 0.3) is 6.01 Å². The standard InChI is InChI=1S/C26H29FN4O3/c1-16(2)18-10-11-19(22(23(18)27)17-7-4-3-5-8-17)24(31-25(33)20-9-6-12-28-20)21(32)15-30-26-29-13-14-34-26/h3-5,7-8,10-11,13-14,16,20,24,28H,6,9,12,15H2,1-2H3,(H,29,30)(H,31,33). The Morgan fingerprint density at radius 1 is 1.18 bits per heavy atom. The van der Waals surface area contributed by atoms with E-state index in [1.165, 1.54) is 12.5 Å². The number of rotatable bonds is 9. The van der Waals surface area contributed by atoms with Gasteiger partial charge in [-0.25, -0.2) is 9.37 Å². The van der Waals surface area contributed by atoms with Crippen molar-refractivity contribution >= 4 is 17.7 Å². The second-order valence-electron chi connectivity index (χ2n) is 8.70. The highest BCUT2D eigenvalue weighted by Crippen LogP contribution is 2.35. The summed E-state index contributed by atoms with van der Waals surface area (Å²) in [4.78, 5) is 30.4. The number of hydrogen-bond acceptors (Lipinski definition) is 6. The molecule has 2 heterocycles. The zero-order valence-corrected chi connectivity index (χ0v) is 19.3. The molecule has 0 bridgehead atoms. The van der Waals surface area contributed by atoms with Gasteiger partial charge in [0.2, 0.25) is 5.91 Å². The lowest BCUT2D eigenvalue weighted by Crippen LogP contribution is -2.45. The molecule has 0 radical (unpaired) electrons. The molecule has 2 aromatic carbocycles. The average Bonchev–Trinajstić information content (AvgIpc) is 3.55. The molecule has 4 rings (SSSR count). The van der Waals surface area contributed by atoms with Crippen LogP contribution < -0.4 is 16.0 Å². The number of halogens is 1. The molecule has 1 amide bonds. The van der Waals surface area contributed by atoms with E-state index >= 15 is 4.39 Å². The number of aromatic nitrogens is 1. The van der Waals surface area contributed by atoms with Crippen LogP contribution in [0.3, 0.4) is 0 Å². The largest absolute Gasteiger partial charge is 0.432 e.